The molecule has 0 aliphatic heterocycles. The second-order valence-electron chi connectivity index (χ2n) is 4.34. The molecule has 0 aromatic carbocycles. The predicted octanol–water partition coefficient (Wildman–Crippen LogP) is 2.70. The van der Waals surface area contributed by atoms with E-state index in [1.54, 1.807) is 0 Å². The Morgan fingerprint density at radius 1 is 1.42 bits per heavy atom. The van der Waals surface area contributed by atoms with Crippen molar-refractivity contribution in [2.45, 2.75) is 39.5 Å². The Bertz CT molecular complexity index is 393. The number of aliphatic carboxylic acids is 1. The van der Waals surface area contributed by atoms with E-state index in [-0.39, 0.29) is 6.42 Å². The molecule has 0 unspecified atom stereocenters. The molecule has 1 rings (SSSR count). The number of nitrogens with one attached hydrogen (secondary N) is 1. The summed E-state index contributed by atoms with van der Waals surface area (Å²) in [6.45, 7) is 6.36. The van der Waals surface area contributed by atoms with Crippen molar-refractivity contribution in [2.75, 3.05) is 25.1 Å². The first-order valence-electron chi connectivity index (χ1n) is 6.63. The van der Waals surface area contributed by atoms with Crippen molar-refractivity contribution in [1.29, 1.82) is 0 Å². The second-order valence-corrected chi connectivity index (χ2v) is 5.43. The number of ether oxygens (including phenoxy) is 1. The first kappa shape index (κ1) is 15.9. The Morgan fingerprint density at radius 3 is 2.84 bits per heavy atom. The van der Waals surface area contributed by atoms with Gasteiger partial charge in [0.1, 0.15) is 0 Å². The third-order valence-corrected chi connectivity index (χ3v) is 3.70. The van der Waals surface area contributed by atoms with Crippen molar-refractivity contribution >= 4 is 22.4 Å². The van der Waals surface area contributed by atoms with Gasteiger partial charge in [-0.25, -0.2) is 4.98 Å². The minimum absolute atomic E-state index is 0.0469. The summed E-state index contributed by atoms with van der Waals surface area (Å²) in [5.41, 5.74) is 0.800. The zero-order valence-corrected chi connectivity index (χ0v) is 12.4. The largest absolute Gasteiger partial charge is 0.481 e. The molecule has 0 aliphatic carbocycles. The number of hydrogen-bond donors (Lipinski definition) is 2. The third kappa shape index (κ3) is 6.54. The quantitative estimate of drug-likeness (QED) is 0.647. The maximum atomic E-state index is 10.7. The minimum atomic E-state index is -0.817. The van der Waals surface area contributed by atoms with Crippen LogP contribution in [0.25, 0.3) is 0 Å². The number of aryl methyl sites for hydroxylation is 1. The van der Waals surface area contributed by atoms with Crippen LogP contribution in [0.3, 0.4) is 0 Å². The average molecular weight is 286 g/mol. The van der Waals surface area contributed by atoms with Gasteiger partial charge in [0.2, 0.25) is 0 Å². The fraction of sp³-hybridized carbons (Fsp3) is 0.692. The van der Waals surface area contributed by atoms with Crippen LogP contribution >= 0.6 is 11.3 Å². The van der Waals surface area contributed by atoms with E-state index in [0.29, 0.717) is 0 Å². The molecule has 2 N–H and O–H groups in total. The molecule has 1 aromatic rings. The van der Waals surface area contributed by atoms with Crippen LogP contribution < -0.4 is 5.32 Å². The molecule has 108 valence electrons. The molecule has 0 atom stereocenters. The molecule has 0 aliphatic rings. The highest BCUT2D eigenvalue weighted by atomic mass is 32.1. The van der Waals surface area contributed by atoms with Crippen molar-refractivity contribution in [3.05, 3.63) is 10.6 Å². The van der Waals surface area contributed by atoms with Gasteiger partial charge in [0.05, 0.1) is 12.1 Å². The summed E-state index contributed by atoms with van der Waals surface area (Å²) in [6.07, 6.45) is 3.24. The summed E-state index contributed by atoms with van der Waals surface area (Å²) < 4.78 is 5.46. The maximum absolute atomic E-state index is 10.7. The van der Waals surface area contributed by atoms with Gasteiger partial charge in [-0.3, -0.25) is 4.79 Å². The lowest BCUT2D eigenvalue weighted by molar-refractivity contribution is -0.136. The monoisotopic (exact) mass is 286 g/mol. The van der Waals surface area contributed by atoms with Crippen LogP contribution in [-0.4, -0.2) is 35.8 Å². The summed E-state index contributed by atoms with van der Waals surface area (Å²) in [6, 6.07) is 0. The lowest BCUT2D eigenvalue weighted by atomic mass is 10.3. The molecule has 19 heavy (non-hydrogen) atoms. The number of nitrogens with zero attached hydrogens (tertiary/aromatic N) is 1. The molecule has 0 saturated carbocycles. The van der Waals surface area contributed by atoms with Crippen LogP contribution in [0.2, 0.25) is 0 Å². The summed E-state index contributed by atoms with van der Waals surface area (Å²) in [5.74, 6) is -0.817. The maximum Gasteiger partial charge on any atom is 0.308 e. The van der Waals surface area contributed by atoms with Crippen molar-refractivity contribution < 1.29 is 14.6 Å². The van der Waals surface area contributed by atoms with E-state index in [4.69, 9.17) is 9.84 Å². The van der Waals surface area contributed by atoms with E-state index in [2.05, 4.69) is 17.2 Å². The highest BCUT2D eigenvalue weighted by Crippen LogP contribution is 2.22. The number of carboxylic acid groups (broad SMARTS) is 1. The Kier molecular flexibility index (Phi) is 7.43. The Labute approximate surface area is 118 Å². The van der Waals surface area contributed by atoms with Crippen LogP contribution in [0.1, 0.15) is 36.8 Å². The Hall–Kier alpha value is -1.14. The molecule has 0 bridgehead atoms. The van der Waals surface area contributed by atoms with Gasteiger partial charge in [-0.2, -0.15) is 0 Å². The summed E-state index contributed by atoms with van der Waals surface area (Å²) >= 11 is 1.42. The van der Waals surface area contributed by atoms with Crippen molar-refractivity contribution in [1.82, 2.24) is 4.98 Å². The fourth-order valence-electron chi connectivity index (χ4n) is 1.52. The fourth-order valence-corrected chi connectivity index (χ4v) is 2.50. The number of hydrogen-bond acceptors (Lipinski definition) is 5. The van der Waals surface area contributed by atoms with Gasteiger partial charge in [-0.05, 0) is 19.8 Å². The molecule has 0 amide bonds. The number of aromatic nitrogens is 1. The van der Waals surface area contributed by atoms with E-state index in [1.165, 1.54) is 11.3 Å². The van der Waals surface area contributed by atoms with E-state index in [9.17, 15) is 4.79 Å². The van der Waals surface area contributed by atoms with E-state index >= 15 is 0 Å². The minimum Gasteiger partial charge on any atom is -0.481 e. The van der Waals surface area contributed by atoms with Gasteiger partial charge >= 0.3 is 5.97 Å². The topological polar surface area (TPSA) is 71.5 Å². The molecule has 0 spiro atoms. The van der Waals surface area contributed by atoms with Crippen molar-refractivity contribution in [3.63, 3.8) is 0 Å². The summed E-state index contributed by atoms with van der Waals surface area (Å²) in [4.78, 5) is 15.8. The van der Waals surface area contributed by atoms with Crippen LogP contribution in [0.15, 0.2) is 0 Å². The molecule has 0 fully saturated rings. The number of unbranched alkanes of at least 4 members (excludes halogenated alkanes) is 1. The summed E-state index contributed by atoms with van der Waals surface area (Å²) in [7, 11) is 0. The number of carbonyl (C=O) groups is 1. The van der Waals surface area contributed by atoms with Crippen molar-refractivity contribution in [3.8, 4) is 0 Å². The van der Waals surface area contributed by atoms with Crippen LogP contribution in [0, 0.1) is 6.92 Å². The van der Waals surface area contributed by atoms with Gasteiger partial charge in [0, 0.05) is 24.6 Å². The second kappa shape index (κ2) is 8.87. The summed E-state index contributed by atoms with van der Waals surface area (Å²) in [5, 5.41) is 12.8. The molecule has 1 aromatic heterocycles. The van der Waals surface area contributed by atoms with Gasteiger partial charge in [-0.1, -0.05) is 13.3 Å². The van der Waals surface area contributed by atoms with Crippen LogP contribution in [0.4, 0.5) is 5.13 Å². The molecular formula is C13H22N2O3S. The number of thiazole rings is 1. The molecule has 6 heteroatoms. The average Bonchev–Trinajstić information content (AvgIpc) is 2.68. The highest BCUT2D eigenvalue weighted by Gasteiger charge is 2.10. The SMILES string of the molecule is CCCCOCCCNc1nc(C)c(CC(=O)O)s1. The Morgan fingerprint density at radius 2 is 2.16 bits per heavy atom. The zero-order chi connectivity index (χ0) is 14.1. The number of anilines is 1. The first-order chi connectivity index (χ1) is 9.13. The first-order valence-corrected chi connectivity index (χ1v) is 7.44. The van der Waals surface area contributed by atoms with Crippen LogP contribution in [-0.2, 0) is 16.0 Å². The molecule has 1 heterocycles. The standard InChI is InChI=1S/C13H22N2O3S/c1-3-4-7-18-8-5-6-14-13-15-10(2)11(19-13)9-12(16)17/h3-9H2,1-2H3,(H,14,15)(H,16,17). The lowest BCUT2D eigenvalue weighted by Gasteiger charge is -2.04. The van der Waals surface area contributed by atoms with Gasteiger partial charge < -0.3 is 15.2 Å². The lowest BCUT2D eigenvalue weighted by Crippen LogP contribution is -2.06. The molecule has 5 nitrogen and oxygen atoms in total. The van der Waals surface area contributed by atoms with E-state index < -0.39 is 5.97 Å². The predicted molar refractivity (Wildman–Crippen MR) is 77.0 cm³/mol. The molecular weight excluding hydrogens is 264 g/mol. The number of rotatable bonds is 10. The normalized spacial score (nSPS) is 10.6. The van der Waals surface area contributed by atoms with Gasteiger partial charge in [0.15, 0.2) is 5.13 Å². The van der Waals surface area contributed by atoms with Gasteiger partial charge in [-0.15, -0.1) is 11.3 Å². The molecule has 0 saturated heterocycles. The van der Waals surface area contributed by atoms with E-state index in [1.807, 2.05) is 6.92 Å². The highest BCUT2D eigenvalue weighted by molar-refractivity contribution is 7.15. The van der Waals surface area contributed by atoms with Gasteiger partial charge in [0.25, 0.3) is 0 Å². The smallest absolute Gasteiger partial charge is 0.308 e. The van der Waals surface area contributed by atoms with Crippen LogP contribution in [0.5, 0.6) is 0 Å². The zero-order valence-electron chi connectivity index (χ0n) is 11.6. The van der Waals surface area contributed by atoms with E-state index in [0.717, 1.165) is 54.7 Å². The van der Waals surface area contributed by atoms with Crippen molar-refractivity contribution in [2.24, 2.45) is 0 Å². The number of carboxylic acids is 1. The third-order valence-electron chi connectivity index (χ3n) is 2.59. The Balaban J connectivity index is 2.21. The molecule has 0 radical (unpaired) electrons.